The molecule has 182 valence electrons. The van der Waals surface area contributed by atoms with Crippen molar-refractivity contribution in [2.24, 2.45) is 5.92 Å². The average Bonchev–Trinajstić information content (AvgIpc) is 3.46. The third kappa shape index (κ3) is 4.20. The molecule has 1 aliphatic carbocycles. The van der Waals surface area contributed by atoms with E-state index >= 15 is 0 Å². The largest absolute Gasteiger partial charge is 0.496 e. The number of aromatic nitrogens is 5. The van der Waals surface area contributed by atoms with E-state index in [0.717, 1.165) is 30.2 Å². The second kappa shape index (κ2) is 9.01. The van der Waals surface area contributed by atoms with Crippen LogP contribution in [0.2, 0.25) is 0 Å². The fourth-order valence-corrected chi connectivity index (χ4v) is 5.04. The summed E-state index contributed by atoms with van der Waals surface area (Å²) in [5, 5.41) is 12.8. The summed E-state index contributed by atoms with van der Waals surface area (Å²) in [5.41, 5.74) is 1.82. The molecule has 0 aliphatic heterocycles. The minimum atomic E-state index is -0.315. The van der Waals surface area contributed by atoms with E-state index in [9.17, 15) is 9.59 Å². The maximum Gasteiger partial charge on any atom is 0.260 e. The van der Waals surface area contributed by atoms with Gasteiger partial charge in [0.2, 0.25) is 5.91 Å². The van der Waals surface area contributed by atoms with Crippen LogP contribution in [0.25, 0.3) is 16.6 Å². The zero-order chi connectivity index (χ0) is 24.7. The second-order valence-corrected chi connectivity index (χ2v) is 9.25. The zero-order valence-electron chi connectivity index (χ0n) is 20.3. The summed E-state index contributed by atoms with van der Waals surface area (Å²) in [6, 6.07) is 7.70. The number of ether oxygens (including phenoxy) is 1. The lowest BCUT2D eigenvalue weighted by Gasteiger charge is -2.38. The third-order valence-corrected chi connectivity index (χ3v) is 7.09. The van der Waals surface area contributed by atoms with Crippen LogP contribution in [0.4, 0.5) is 5.82 Å². The van der Waals surface area contributed by atoms with E-state index < -0.39 is 0 Å². The highest BCUT2D eigenvalue weighted by Gasteiger charge is 2.32. The number of hydrogen-bond donors (Lipinski definition) is 1. The van der Waals surface area contributed by atoms with Crippen molar-refractivity contribution in [1.29, 1.82) is 0 Å². The lowest BCUT2D eigenvalue weighted by atomic mass is 9.82. The minimum Gasteiger partial charge on any atom is -0.496 e. The highest BCUT2D eigenvalue weighted by molar-refractivity contribution is 6.08. The maximum absolute atomic E-state index is 13.2. The smallest absolute Gasteiger partial charge is 0.260 e. The Hall–Kier alpha value is -3.95. The van der Waals surface area contributed by atoms with E-state index in [1.807, 2.05) is 35.0 Å². The summed E-state index contributed by atoms with van der Waals surface area (Å²) in [6.07, 6.45) is 8.01. The number of carbonyl (C=O) groups is 2. The number of methoxy groups -OCH3 is 1. The topological polar surface area (TPSA) is 107 Å². The SMILES string of the molecule is COc1cc2nn([C@@H]3CC[C@H](N(C)C(C)=O)C[C@H]3C)cc2cc1C(=O)Nc1cnc2cccnn12. The number of hydrogen-bond acceptors (Lipinski definition) is 6. The van der Waals surface area contributed by atoms with E-state index in [1.54, 1.807) is 43.1 Å². The molecule has 0 saturated heterocycles. The summed E-state index contributed by atoms with van der Waals surface area (Å²) >= 11 is 0. The molecule has 0 radical (unpaired) electrons. The molecular formula is C25H29N7O3. The average molecular weight is 476 g/mol. The Morgan fingerprint density at radius 2 is 2.09 bits per heavy atom. The van der Waals surface area contributed by atoms with Gasteiger partial charge in [0.15, 0.2) is 11.5 Å². The molecule has 1 N–H and O–H groups in total. The van der Waals surface area contributed by atoms with Crippen LogP contribution in [-0.4, -0.2) is 61.3 Å². The van der Waals surface area contributed by atoms with Gasteiger partial charge in [0.05, 0.1) is 30.4 Å². The molecule has 10 nitrogen and oxygen atoms in total. The molecule has 3 atom stereocenters. The quantitative estimate of drug-likeness (QED) is 0.473. The molecule has 35 heavy (non-hydrogen) atoms. The number of carbonyl (C=O) groups excluding carboxylic acids is 2. The van der Waals surface area contributed by atoms with Crippen molar-refractivity contribution in [3.05, 3.63) is 48.4 Å². The van der Waals surface area contributed by atoms with Crippen LogP contribution >= 0.6 is 0 Å². The van der Waals surface area contributed by atoms with Crippen LogP contribution < -0.4 is 10.1 Å². The van der Waals surface area contributed by atoms with Gasteiger partial charge in [-0.1, -0.05) is 6.92 Å². The lowest BCUT2D eigenvalue weighted by Crippen LogP contribution is -2.41. The Labute approximate surface area is 202 Å². The van der Waals surface area contributed by atoms with Gasteiger partial charge in [-0.3, -0.25) is 14.3 Å². The van der Waals surface area contributed by atoms with Crippen LogP contribution in [0, 0.1) is 5.92 Å². The van der Waals surface area contributed by atoms with Crippen molar-refractivity contribution in [2.75, 3.05) is 19.5 Å². The number of rotatable bonds is 5. The Bertz CT molecular complexity index is 1410. The maximum atomic E-state index is 13.2. The lowest BCUT2D eigenvalue weighted by molar-refractivity contribution is -0.130. The Balaban J connectivity index is 1.40. The van der Waals surface area contributed by atoms with Gasteiger partial charge in [0.1, 0.15) is 5.75 Å². The first-order chi connectivity index (χ1) is 16.9. The van der Waals surface area contributed by atoms with E-state index in [2.05, 4.69) is 22.3 Å². The fraction of sp³-hybridized carbons (Fsp3) is 0.400. The predicted octanol–water partition coefficient (Wildman–Crippen LogP) is 3.55. The van der Waals surface area contributed by atoms with E-state index in [1.165, 1.54) is 0 Å². The zero-order valence-corrected chi connectivity index (χ0v) is 20.3. The summed E-state index contributed by atoms with van der Waals surface area (Å²) in [7, 11) is 3.42. The molecule has 0 bridgehead atoms. The highest BCUT2D eigenvalue weighted by Crippen LogP contribution is 2.36. The van der Waals surface area contributed by atoms with Crippen molar-refractivity contribution in [2.45, 2.75) is 45.2 Å². The summed E-state index contributed by atoms with van der Waals surface area (Å²) < 4.78 is 9.11. The monoisotopic (exact) mass is 475 g/mol. The highest BCUT2D eigenvalue weighted by atomic mass is 16.5. The number of fused-ring (bicyclic) bond motifs is 2. The second-order valence-electron chi connectivity index (χ2n) is 9.25. The van der Waals surface area contributed by atoms with Gasteiger partial charge in [0, 0.05) is 43.9 Å². The molecule has 5 rings (SSSR count). The molecule has 10 heteroatoms. The van der Waals surface area contributed by atoms with Gasteiger partial charge in [0.25, 0.3) is 5.91 Å². The Morgan fingerprint density at radius 3 is 2.83 bits per heavy atom. The molecule has 1 aliphatic rings. The fourth-order valence-electron chi connectivity index (χ4n) is 5.04. The van der Waals surface area contributed by atoms with Gasteiger partial charge in [-0.2, -0.15) is 14.7 Å². The van der Waals surface area contributed by atoms with Crippen molar-refractivity contribution in [3.8, 4) is 5.75 Å². The number of imidazole rings is 1. The van der Waals surface area contributed by atoms with Crippen molar-refractivity contribution in [1.82, 2.24) is 29.3 Å². The van der Waals surface area contributed by atoms with Crippen molar-refractivity contribution < 1.29 is 14.3 Å². The van der Waals surface area contributed by atoms with Gasteiger partial charge in [-0.25, -0.2) is 4.98 Å². The summed E-state index contributed by atoms with van der Waals surface area (Å²) in [6.45, 7) is 3.82. The number of anilines is 1. The molecule has 0 unspecified atom stereocenters. The van der Waals surface area contributed by atoms with Crippen LogP contribution in [0.1, 0.15) is 49.5 Å². The van der Waals surface area contributed by atoms with Gasteiger partial charge < -0.3 is 15.0 Å². The molecule has 1 fully saturated rings. The Kier molecular flexibility index (Phi) is 5.88. The molecule has 2 amide bonds. The molecule has 4 aromatic rings. The minimum absolute atomic E-state index is 0.100. The predicted molar refractivity (Wildman–Crippen MR) is 132 cm³/mol. The molecule has 1 aromatic carbocycles. The third-order valence-electron chi connectivity index (χ3n) is 7.09. The Morgan fingerprint density at radius 1 is 1.26 bits per heavy atom. The van der Waals surface area contributed by atoms with Crippen molar-refractivity contribution in [3.63, 3.8) is 0 Å². The van der Waals surface area contributed by atoms with Crippen LogP contribution in [0.15, 0.2) is 42.9 Å². The van der Waals surface area contributed by atoms with Crippen LogP contribution in [0.3, 0.4) is 0 Å². The molecule has 1 saturated carbocycles. The van der Waals surface area contributed by atoms with Crippen LogP contribution in [-0.2, 0) is 4.79 Å². The van der Waals surface area contributed by atoms with Crippen molar-refractivity contribution >= 4 is 34.2 Å². The summed E-state index contributed by atoms with van der Waals surface area (Å²) in [4.78, 5) is 31.1. The number of nitrogens with one attached hydrogen (secondary N) is 1. The van der Waals surface area contributed by atoms with E-state index in [-0.39, 0.29) is 23.9 Å². The first kappa shape index (κ1) is 22.8. The normalized spacial score (nSPS) is 20.2. The first-order valence-electron chi connectivity index (χ1n) is 11.8. The van der Waals surface area contributed by atoms with Gasteiger partial charge in [-0.05, 0) is 43.4 Å². The standard InChI is InChI=1S/C25H29N7O3/c1-15-10-18(30(3)16(2)33)7-8-21(15)31-14-17-11-19(22(35-4)12-20(17)29-31)25(34)28-24-13-26-23-6-5-9-27-32(23)24/h5-6,9,11-15,18,21H,7-8,10H2,1-4H3,(H,28,34)/t15-,18+,21-/m1/s1. The van der Waals surface area contributed by atoms with Crippen LogP contribution in [0.5, 0.6) is 5.75 Å². The summed E-state index contributed by atoms with van der Waals surface area (Å²) in [5.74, 6) is 1.07. The van der Waals surface area contributed by atoms with Gasteiger partial charge >= 0.3 is 0 Å². The number of amides is 2. The van der Waals surface area contributed by atoms with E-state index in [4.69, 9.17) is 9.84 Å². The number of nitrogens with zero attached hydrogens (tertiary/aromatic N) is 6. The number of benzene rings is 1. The van der Waals surface area contributed by atoms with E-state index in [0.29, 0.717) is 28.7 Å². The molecule has 0 spiro atoms. The first-order valence-corrected chi connectivity index (χ1v) is 11.8. The molecule has 3 heterocycles. The molecular weight excluding hydrogens is 446 g/mol. The molecule has 3 aromatic heterocycles. The van der Waals surface area contributed by atoms with Gasteiger partial charge in [-0.15, -0.1) is 0 Å².